The van der Waals surface area contributed by atoms with Gasteiger partial charge in [-0.15, -0.1) is 11.3 Å². The van der Waals surface area contributed by atoms with Crippen molar-refractivity contribution in [3.8, 4) is 0 Å². The monoisotopic (exact) mass is 280 g/mol. The average molecular weight is 280 g/mol. The second-order valence-electron chi connectivity index (χ2n) is 5.94. The van der Waals surface area contributed by atoms with Gasteiger partial charge in [0.05, 0.1) is 0 Å². The van der Waals surface area contributed by atoms with Gasteiger partial charge in [0.25, 0.3) is 0 Å². The topological polar surface area (TPSA) is 22.6 Å². The first kappa shape index (κ1) is 13.3. The van der Waals surface area contributed by atoms with E-state index in [2.05, 4.69) is 40.0 Å². The lowest BCUT2D eigenvalue weighted by molar-refractivity contribution is 0.266. The van der Waals surface area contributed by atoms with Crippen molar-refractivity contribution >= 4 is 16.5 Å². The van der Waals surface area contributed by atoms with E-state index in [4.69, 9.17) is 0 Å². The molecule has 3 heterocycles. The van der Waals surface area contributed by atoms with E-state index in [1.807, 2.05) is 11.3 Å². The second-order valence-corrected chi connectivity index (χ2v) is 7.04. The molecular formula is C14H24N4S. The van der Waals surface area contributed by atoms with Crippen molar-refractivity contribution in [1.82, 2.24) is 14.8 Å². The Labute approximate surface area is 120 Å². The minimum Gasteiger partial charge on any atom is -0.348 e. The quantitative estimate of drug-likeness (QED) is 0.840. The van der Waals surface area contributed by atoms with E-state index in [9.17, 15) is 0 Å². The van der Waals surface area contributed by atoms with Gasteiger partial charge >= 0.3 is 0 Å². The molecule has 2 saturated heterocycles. The van der Waals surface area contributed by atoms with Crippen molar-refractivity contribution in [2.45, 2.75) is 31.8 Å². The summed E-state index contributed by atoms with van der Waals surface area (Å²) < 4.78 is 0. The number of likely N-dealkylation sites (N-methyl/N-ethyl adjacent to an activating group) is 1. The highest BCUT2D eigenvalue weighted by molar-refractivity contribution is 7.15. The van der Waals surface area contributed by atoms with Gasteiger partial charge in [0, 0.05) is 49.8 Å². The van der Waals surface area contributed by atoms with E-state index in [-0.39, 0.29) is 0 Å². The number of rotatable bonds is 4. The van der Waals surface area contributed by atoms with Gasteiger partial charge in [-0.2, -0.15) is 0 Å². The molecule has 4 nitrogen and oxygen atoms in total. The Bertz CT molecular complexity index is 411. The molecule has 5 heteroatoms. The van der Waals surface area contributed by atoms with Crippen molar-refractivity contribution in [2.24, 2.45) is 0 Å². The van der Waals surface area contributed by atoms with Crippen LogP contribution in [0.1, 0.15) is 24.1 Å². The van der Waals surface area contributed by atoms with Crippen LogP contribution in [0.25, 0.3) is 0 Å². The molecule has 0 bridgehead atoms. The Kier molecular flexibility index (Phi) is 4.05. The minimum absolute atomic E-state index is 0.728. The number of hydrogen-bond donors (Lipinski definition) is 0. The first-order chi connectivity index (χ1) is 9.22. The van der Waals surface area contributed by atoms with Crippen LogP contribution in [-0.4, -0.2) is 61.1 Å². The fourth-order valence-electron chi connectivity index (χ4n) is 3.02. The van der Waals surface area contributed by atoms with Gasteiger partial charge in [0.2, 0.25) is 0 Å². The summed E-state index contributed by atoms with van der Waals surface area (Å²) in [5.74, 6) is 0. The Hall–Kier alpha value is -0.650. The molecule has 0 radical (unpaired) electrons. The standard InChI is InChI=1S/C14H24N4S/c1-16(2)12-5-8-17(10-12)11-13-9-15-14(19-13)18-6-3-4-7-18/h9,12H,3-8,10-11H2,1-2H3/t12-/m0/s1. The molecular weight excluding hydrogens is 256 g/mol. The van der Waals surface area contributed by atoms with E-state index in [1.165, 1.54) is 55.5 Å². The van der Waals surface area contributed by atoms with Crippen molar-refractivity contribution in [3.63, 3.8) is 0 Å². The van der Waals surface area contributed by atoms with Crippen LogP contribution in [-0.2, 0) is 6.54 Å². The number of hydrogen-bond acceptors (Lipinski definition) is 5. The third-order valence-corrected chi connectivity index (χ3v) is 5.32. The van der Waals surface area contributed by atoms with E-state index in [0.29, 0.717) is 0 Å². The lowest BCUT2D eigenvalue weighted by atomic mass is 10.2. The molecule has 1 aromatic heterocycles. The zero-order chi connectivity index (χ0) is 13.2. The Morgan fingerprint density at radius 2 is 2.11 bits per heavy atom. The normalized spacial score (nSPS) is 24.8. The zero-order valence-electron chi connectivity index (χ0n) is 12.0. The maximum Gasteiger partial charge on any atom is 0.185 e. The summed E-state index contributed by atoms with van der Waals surface area (Å²) in [5.41, 5.74) is 0. The smallest absolute Gasteiger partial charge is 0.185 e. The van der Waals surface area contributed by atoms with Crippen LogP contribution < -0.4 is 4.90 Å². The SMILES string of the molecule is CN(C)[C@H]1CCN(Cc2cnc(N3CCCC3)s2)C1. The molecule has 0 aliphatic carbocycles. The van der Waals surface area contributed by atoms with Crippen LogP contribution in [0, 0.1) is 0 Å². The summed E-state index contributed by atoms with van der Waals surface area (Å²) in [5, 5.41) is 1.23. The van der Waals surface area contributed by atoms with Crippen LogP contribution in [0.5, 0.6) is 0 Å². The van der Waals surface area contributed by atoms with Crippen molar-refractivity contribution in [1.29, 1.82) is 0 Å². The number of nitrogens with zero attached hydrogens (tertiary/aromatic N) is 4. The van der Waals surface area contributed by atoms with Gasteiger partial charge in [0.1, 0.15) is 0 Å². The van der Waals surface area contributed by atoms with E-state index in [0.717, 1.165) is 12.6 Å². The zero-order valence-corrected chi connectivity index (χ0v) is 12.8. The Balaban J connectivity index is 1.56. The number of aromatic nitrogens is 1. The summed E-state index contributed by atoms with van der Waals surface area (Å²) in [7, 11) is 4.37. The molecule has 2 aliphatic rings. The van der Waals surface area contributed by atoms with Crippen LogP contribution in [0.2, 0.25) is 0 Å². The van der Waals surface area contributed by atoms with Crippen LogP contribution in [0.15, 0.2) is 6.20 Å². The third kappa shape index (κ3) is 3.09. The van der Waals surface area contributed by atoms with E-state index < -0.39 is 0 Å². The van der Waals surface area contributed by atoms with Gasteiger partial charge in [0.15, 0.2) is 5.13 Å². The summed E-state index contributed by atoms with van der Waals surface area (Å²) in [6, 6.07) is 0.728. The second kappa shape index (κ2) is 5.77. The van der Waals surface area contributed by atoms with E-state index in [1.54, 1.807) is 0 Å². The molecule has 0 spiro atoms. The lowest BCUT2D eigenvalue weighted by Crippen LogP contribution is -2.31. The number of anilines is 1. The average Bonchev–Trinajstić information content (AvgIpc) is 3.09. The largest absolute Gasteiger partial charge is 0.348 e. The molecule has 0 aromatic carbocycles. The first-order valence-electron chi connectivity index (χ1n) is 7.31. The predicted molar refractivity (Wildman–Crippen MR) is 80.9 cm³/mol. The Morgan fingerprint density at radius 3 is 2.79 bits per heavy atom. The highest BCUT2D eigenvalue weighted by Crippen LogP contribution is 2.27. The highest BCUT2D eigenvalue weighted by atomic mass is 32.1. The van der Waals surface area contributed by atoms with Gasteiger partial charge in [-0.25, -0.2) is 4.98 Å². The lowest BCUT2D eigenvalue weighted by Gasteiger charge is -2.19. The summed E-state index contributed by atoms with van der Waals surface area (Å²) in [4.78, 5) is 13.4. The highest BCUT2D eigenvalue weighted by Gasteiger charge is 2.24. The predicted octanol–water partition coefficient (Wildman–Crippen LogP) is 1.88. The van der Waals surface area contributed by atoms with E-state index >= 15 is 0 Å². The molecule has 0 saturated carbocycles. The maximum absolute atomic E-state index is 4.60. The minimum atomic E-state index is 0.728. The van der Waals surface area contributed by atoms with Crippen LogP contribution >= 0.6 is 11.3 Å². The third-order valence-electron chi connectivity index (χ3n) is 4.28. The summed E-state index contributed by atoms with van der Waals surface area (Å²) >= 11 is 1.89. The molecule has 0 unspecified atom stereocenters. The van der Waals surface area contributed by atoms with Gasteiger partial charge in [-0.1, -0.05) is 0 Å². The molecule has 1 atom stereocenters. The van der Waals surface area contributed by atoms with Crippen molar-refractivity contribution in [3.05, 3.63) is 11.1 Å². The first-order valence-corrected chi connectivity index (χ1v) is 8.12. The molecule has 19 heavy (non-hydrogen) atoms. The molecule has 3 rings (SSSR count). The van der Waals surface area contributed by atoms with Crippen LogP contribution in [0.4, 0.5) is 5.13 Å². The van der Waals surface area contributed by atoms with Gasteiger partial charge in [-0.05, 0) is 33.4 Å². The fraction of sp³-hybridized carbons (Fsp3) is 0.786. The molecule has 106 valence electrons. The molecule has 0 N–H and O–H groups in total. The van der Waals surface area contributed by atoms with Crippen molar-refractivity contribution in [2.75, 3.05) is 45.2 Å². The number of likely N-dealkylation sites (tertiary alicyclic amines) is 1. The molecule has 1 aromatic rings. The number of thiazole rings is 1. The molecule has 2 fully saturated rings. The maximum atomic E-state index is 4.60. The summed E-state index contributed by atoms with van der Waals surface area (Å²) in [6.45, 7) is 5.89. The summed E-state index contributed by atoms with van der Waals surface area (Å²) in [6.07, 6.45) is 6.03. The molecule has 2 aliphatic heterocycles. The Morgan fingerprint density at radius 1 is 1.32 bits per heavy atom. The van der Waals surface area contributed by atoms with Gasteiger partial charge in [-0.3, -0.25) is 4.90 Å². The van der Waals surface area contributed by atoms with Crippen LogP contribution in [0.3, 0.4) is 0 Å². The molecule has 0 amide bonds. The van der Waals surface area contributed by atoms with Crippen molar-refractivity contribution < 1.29 is 0 Å². The fourth-order valence-corrected chi connectivity index (χ4v) is 4.03. The van der Waals surface area contributed by atoms with Gasteiger partial charge < -0.3 is 9.80 Å².